The molecule has 7 rings (SSSR count). The van der Waals surface area contributed by atoms with E-state index in [0.29, 0.717) is 0 Å². The van der Waals surface area contributed by atoms with E-state index in [4.69, 9.17) is 0 Å². The van der Waals surface area contributed by atoms with Crippen LogP contribution < -0.4 is 10.6 Å². The second-order valence-electron chi connectivity index (χ2n) is 14.2. The molecule has 56 heavy (non-hydrogen) atoms. The summed E-state index contributed by atoms with van der Waals surface area (Å²) < 4.78 is 0. The zero-order valence-corrected chi connectivity index (χ0v) is 35.7. The first kappa shape index (κ1) is 43.5. The number of benzene rings is 3. The molecule has 0 saturated carbocycles. The largest absolute Gasteiger partial charge is 0.374 e. The summed E-state index contributed by atoms with van der Waals surface area (Å²) >= 11 is 0. The molecule has 0 aromatic heterocycles. The lowest BCUT2D eigenvalue weighted by molar-refractivity contribution is 0.620. The number of hydrogen-bond acceptors (Lipinski definition) is 2. The predicted octanol–water partition coefficient (Wildman–Crippen LogP) is 15.2. The van der Waals surface area contributed by atoms with Gasteiger partial charge in [0, 0.05) is 28.1 Å². The second kappa shape index (κ2) is 20.6. The third kappa shape index (κ3) is 9.57. The van der Waals surface area contributed by atoms with Crippen molar-refractivity contribution >= 4 is 36.0 Å². The third-order valence-electron chi connectivity index (χ3n) is 10.5. The molecule has 2 nitrogen and oxygen atoms in total. The zero-order valence-electron chi connectivity index (χ0n) is 34.7. The van der Waals surface area contributed by atoms with Crippen molar-refractivity contribution in [1.29, 1.82) is 0 Å². The fourth-order valence-corrected chi connectivity index (χ4v) is 7.87. The highest BCUT2D eigenvalue weighted by molar-refractivity contribution is 7.59. The fraction of sp³-hybridized carbons (Fsp3) is 0.245. The van der Waals surface area contributed by atoms with E-state index < -0.39 is 0 Å². The molecule has 1 atom stereocenters. The Hall–Kier alpha value is -5.25. The van der Waals surface area contributed by atoms with Crippen LogP contribution in [-0.4, -0.2) is 0 Å². The van der Waals surface area contributed by atoms with Crippen LogP contribution in [0.5, 0.6) is 0 Å². The minimum Gasteiger partial charge on any atom is -0.374 e. The fourth-order valence-electron chi connectivity index (χ4n) is 7.87. The highest BCUT2D eigenvalue weighted by Crippen LogP contribution is 2.57. The number of nitrogens with one attached hydrogen (secondary N) is 2. The van der Waals surface area contributed by atoms with Gasteiger partial charge >= 0.3 is 0 Å². The number of allylic oxidation sites excluding steroid dienone is 18. The molecule has 0 bridgehead atoms. The van der Waals surface area contributed by atoms with E-state index in [9.17, 15) is 0 Å². The van der Waals surface area contributed by atoms with Crippen molar-refractivity contribution < 1.29 is 0 Å². The van der Waals surface area contributed by atoms with Crippen LogP contribution in [0.3, 0.4) is 0 Å². The molecule has 0 amide bonds. The van der Waals surface area contributed by atoms with Crippen LogP contribution >= 0.6 is 13.5 Å². The van der Waals surface area contributed by atoms with Gasteiger partial charge in [-0.25, -0.2) is 0 Å². The van der Waals surface area contributed by atoms with Crippen LogP contribution in [0.1, 0.15) is 96.9 Å². The Morgan fingerprint density at radius 2 is 1.59 bits per heavy atom. The van der Waals surface area contributed by atoms with E-state index in [1.54, 1.807) is 0 Å². The Morgan fingerprint density at radius 1 is 0.857 bits per heavy atom. The number of anilines is 2. The molecule has 0 radical (unpaired) electrons. The van der Waals surface area contributed by atoms with E-state index in [1.807, 2.05) is 52.8 Å². The zero-order chi connectivity index (χ0) is 39.4. The first-order valence-electron chi connectivity index (χ1n) is 20.3. The van der Waals surface area contributed by atoms with Gasteiger partial charge in [-0.1, -0.05) is 170 Å². The van der Waals surface area contributed by atoms with Crippen LogP contribution in [0, 0.1) is 5.41 Å². The molecule has 3 aromatic rings. The highest BCUT2D eigenvalue weighted by atomic mass is 32.1. The van der Waals surface area contributed by atoms with Gasteiger partial charge in [-0.3, -0.25) is 0 Å². The summed E-state index contributed by atoms with van der Waals surface area (Å²) in [5, 5.41) is 7.75. The Balaban J connectivity index is 0.00000135. The van der Waals surface area contributed by atoms with Crippen molar-refractivity contribution in [1.82, 2.24) is 5.32 Å². The van der Waals surface area contributed by atoms with Gasteiger partial charge in [0.2, 0.25) is 0 Å². The number of hydrogen-bond donors (Lipinski definition) is 2. The molecule has 3 aliphatic carbocycles. The van der Waals surface area contributed by atoms with Crippen molar-refractivity contribution in [2.45, 2.75) is 80.2 Å². The van der Waals surface area contributed by atoms with Crippen LogP contribution in [0.2, 0.25) is 0 Å². The van der Waals surface area contributed by atoms with Gasteiger partial charge < -0.3 is 10.6 Å². The van der Waals surface area contributed by atoms with Gasteiger partial charge in [0.1, 0.15) is 0 Å². The maximum Gasteiger partial charge on any atom is 0.0707 e. The van der Waals surface area contributed by atoms with Gasteiger partial charge in [0.15, 0.2) is 0 Å². The van der Waals surface area contributed by atoms with E-state index in [0.717, 1.165) is 48.2 Å². The number of dihydropyridines is 1. The van der Waals surface area contributed by atoms with Crippen molar-refractivity contribution in [3.63, 3.8) is 0 Å². The summed E-state index contributed by atoms with van der Waals surface area (Å²) in [6.07, 6.45) is 28.3. The van der Waals surface area contributed by atoms with Crippen LogP contribution in [0.4, 0.5) is 11.4 Å². The number of rotatable bonds is 10. The van der Waals surface area contributed by atoms with Crippen LogP contribution in [0.15, 0.2) is 198 Å². The van der Waals surface area contributed by atoms with Crippen molar-refractivity contribution in [2.24, 2.45) is 5.41 Å². The average molecular weight is 759 g/mol. The van der Waals surface area contributed by atoms with Gasteiger partial charge in [0.05, 0.1) is 6.04 Å². The molecule has 0 fully saturated rings. The predicted molar refractivity (Wildman–Crippen MR) is 252 cm³/mol. The minimum absolute atomic E-state index is 0. The molecule has 3 aromatic carbocycles. The maximum absolute atomic E-state index is 4.66. The van der Waals surface area contributed by atoms with Gasteiger partial charge in [-0.2, -0.15) is 13.5 Å². The summed E-state index contributed by atoms with van der Waals surface area (Å²) in [6, 6.07) is 28.3. The topological polar surface area (TPSA) is 24.1 Å². The molecule has 2 N–H and O–H groups in total. The summed E-state index contributed by atoms with van der Waals surface area (Å²) in [5.41, 5.74) is 16.6. The second-order valence-corrected chi connectivity index (χ2v) is 14.2. The molecule has 3 heteroatoms. The molecular weight excluding hydrogens is 697 g/mol. The standard InChI is InChI=1S/C49H48N2.2C2H6.H2S/c1-6-7-10-20-34(2)35(3)47-41-27-15-17-29-43(41)49(4,5)48(47)42-28-16-18-30-44(42)50-40-26-19-25-38(31-40)46-33-39(36-21-11-8-12-22-36)32-45(51-46)37-23-13-9-14-24-37;2*1-2;/h6-13,16-23,25-26,28-33,46,50-51H,2-3,14-15,24,27H2,1,4-5H3;2*1-2H3;1H2/b7-6-,20-10-;;;. The number of para-hydroxylation sites is 1. The lowest BCUT2D eigenvalue weighted by atomic mass is 9.75. The maximum atomic E-state index is 4.66. The summed E-state index contributed by atoms with van der Waals surface area (Å²) in [5.74, 6) is 0. The van der Waals surface area contributed by atoms with E-state index in [2.05, 4.69) is 165 Å². The third-order valence-corrected chi connectivity index (χ3v) is 10.5. The van der Waals surface area contributed by atoms with E-state index in [1.165, 1.54) is 55.8 Å². The van der Waals surface area contributed by atoms with Crippen molar-refractivity contribution in [3.05, 3.63) is 215 Å². The molecule has 1 unspecified atom stereocenters. The van der Waals surface area contributed by atoms with Gasteiger partial charge in [0.25, 0.3) is 0 Å². The lowest BCUT2D eigenvalue weighted by Gasteiger charge is -2.29. The first-order chi connectivity index (χ1) is 26.8. The Labute approximate surface area is 345 Å². The normalized spacial score (nSPS) is 18.0. The van der Waals surface area contributed by atoms with Crippen molar-refractivity contribution in [2.75, 3.05) is 5.32 Å². The quantitative estimate of drug-likeness (QED) is 0.201. The molecular formula is C53H62N2S. The summed E-state index contributed by atoms with van der Waals surface area (Å²) in [4.78, 5) is 0. The highest BCUT2D eigenvalue weighted by Gasteiger charge is 2.41. The lowest BCUT2D eigenvalue weighted by Crippen LogP contribution is -2.24. The van der Waals surface area contributed by atoms with Crippen LogP contribution in [-0.2, 0) is 0 Å². The Morgan fingerprint density at radius 3 is 2.32 bits per heavy atom. The molecule has 290 valence electrons. The van der Waals surface area contributed by atoms with Crippen LogP contribution in [0.25, 0.3) is 11.1 Å². The first-order valence-corrected chi connectivity index (χ1v) is 20.3. The molecule has 4 aliphatic rings. The Kier molecular flexibility index (Phi) is 16.0. The van der Waals surface area contributed by atoms with Gasteiger partial charge in [-0.05, 0) is 119 Å². The molecule has 1 heterocycles. The summed E-state index contributed by atoms with van der Waals surface area (Å²) in [7, 11) is 0. The summed E-state index contributed by atoms with van der Waals surface area (Å²) in [6.45, 7) is 23.9. The Bertz CT molecular complexity index is 2160. The molecule has 0 saturated heterocycles. The monoisotopic (exact) mass is 758 g/mol. The molecule has 1 aliphatic heterocycles. The minimum atomic E-state index is -0.201. The van der Waals surface area contributed by atoms with Crippen molar-refractivity contribution in [3.8, 4) is 0 Å². The van der Waals surface area contributed by atoms with Gasteiger partial charge in [-0.15, -0.1) is 0 Å². The SMILES string of the molecule is C=C(/C=C\C=C/C)C(=C)C1=C(c2ccccc2Nc2cccc(C3C=C(c4ccccc4)C=C(C4=CC=CCC4)N3)c2)C(C)(C)C2=C1CCC=C2.CC.CC.S. The average Bonchev–Trinajstić information content (AvgIpc) is 3.48. The van der Waals surface area contributed by atoms with E-state index >= 15 is 0 Å². The van der Waals surface area contributed by atoms with E-state index in [-0.39, 0.29) is 25.0 Å². The molecule has 0 spiro atoms. The smallest absolute Gasteiger partial charge is 0.0707 e.